The van der Waals surface area contributed by atoms with Gasteiger partial charge in [-0.2, -0.15) is 5.26 Å². The van der Waals surface area contributed by atoms with Crippen molar-refractivity contribution in [1.29, 1.82) is 5.26 Å². The molecule has 0 aliphatic rings. The number of nitriles is 1. The van der Waals surface area contributed by atoms with E-state index in [1.165, 1.54) is 6.07 Å². The highest BCUT2D eigenvalue weighted by atomic mass is 35.5. The molecular formula is C7H2Cl2N2O2S. The molecule has 0 saturated carbocycles. The normalized spacial score (nSPS) is 11.1. The maximum absolute atomic E-state index is 10.5. The van der Waals surface area contributed by atoms with Crippen LogP contribution in [0.25, 0.3) is 6.08 Å². The van der Waals surface area contributed by atoms with E-state index in [4.69, 9.17) is 33.6 Å². The minimum absolute atomic E-state index is 0.0917. The first kappa shape index (κ1) is 11.0. The van der Waals surface area contributed by atoms with Crippen molar-refractivity contribution in [3.8, 4) is 6.07 Å². The fourth-order valence-corrected chi connectivity index (χ4v) is 1.96. The minimum atomic E-state index is -1.31. The zero-order valence-electron chi connectivity index (χ0n) is 6.49. The van der Waals surface area contributed by atoms with E-state index in [0.29, 0.717) is 4.88 Å². The second-order valence-corrected chi connectivity index (χ2v) is 4.07. The van der Waals surface area contributed by atoms with Crippen LogP contribution < -0.4 is 0 Å². The molecule has 0 atom stereocenters. The molecule has 72 valence electrons. The van der Waals surface area contributed by atoms with Gasteiger partial charge in [-0.1, -0.05) is 23.2 Å². The van der Waals surface area contributed by atoms with Gasteiger partial charge < -0.3 is 5.11 Å². The number of thiazole rings is 1. The van der Waals surface area contributed by atoms with Gasteiger partial charge in [0, 0.05) is 0 Å². The molecule has 0 spiro atoms. The summed E-state index contributed by atoms with van der Waals surface area (Å²) in [5, 5.41) is 17.1. The van der Waals surface area contributed by atoms with E-state index >= 15 is 0 Å². The van der Waals surface area contributed by atoms with Crippen molar-refractivity contribution in [2.75, 3.05) is 0 Å². The molecule has 0 aromatic carbocycles. The van der Waals surface area contributed by atoms with Gasteiger partial charge in [0.2, 0.25) is 0 Å². The molecule has 0 fully saturated rings. The number of aromatic nitrogens is 1. The number of rotatable bonds is 2. The Morgan fingerprint density at radius 3 is 2.64 bits per heavy atom. The fourth-order valence-electron chi connectivity index (χ4n) is 0.650. The molecule has 1 aromatic heterocycles. The molecule has 0 unspecified atom stereocenters. The van der Waals surface area contributed by atoms with Gasteiger partial charge in [-0.15, -0.1) is 11.3 Å². The SMILES string of the molecule is N#C/C(=C\c1sc(Cl)nc1Cl)C(=O)O. The van der Waals surface area contributed by atoms with Gasteiger partial charge in [0.25, 0.3) is 0 Å². The highest BCUT2D eigenvalue weighted by molar-refractivity contribution is 7.17. The van der Waals surface area contributed by atoms with E-state index < -0.39 is 11.5 Å². The Bertz CT molecular complexity index is 447. The van der Waals surface area contributed by atoms with Gasteiger partial charge in [-0.25, -0.2) is 9.78 Å². The van der Waals surface area contributed by atoms with Gasteiger partial charge in [-0.05, 0) is 6.08 Å². The van der Waals surface area contributed by atoms with Crippen LogP contribution in [0.2, 0.25) is 9.62 Å². The number of aliphatic carboxylic acids is 1. The molecule has 4 nitrogen and oxygen atoms in total. The summed E-state index contributed by atoms with van der Waals surface area (Å²) in [6.45, 7) is 0. The molecule has 1 aromatic rings. The lowest BCUT2D eigenvalue weighted by Gasteiger charge is -1.88. The van der Waals surface area contributed by atoms with Crippen molar-refractivity contribution in [3.05, 3.63) is 20.1 Å². The van der Waals surface area contributed by atoms with Gasteiger partial charge >= 0.3 is 5.97 Å². The zero-order valence-corrected chi connectivity index (χ0v) is 8.82. The Kier molecular flexibility index (Phi) is 3.47. The topological polar surface area (TPSA) is 74.0 Å². The van der Waals surface area contributed by atoms with Crippen LogP contribution in [0.15, 0.2) is 5.57 Å². The van der Waals surface area contributed by atoms with Crippen molar-refractivity contribution in [2.24, 2.45) is 0 Å². The number of halogens is 2. The van der Waals surface area contributed by atoms with Crippen LogP contribution in [0.5, 0.6) is 0 Å². The first-order chi connectivity index (χ1) is 6.54. The molecule has 14 heavy (non-hydrogen) atoms. The van der Waals surface area contributed by atoms with Crippen LogP contribution in [-0.2, 0) is 4.79 Å². The second kappa shape index (κ2) is 4.42. The van der Waals surface area contributed by atoms with Crippen molar-refractivity contribution in [1.82, 2.24) is 4.98 Å². The number of carbonyl (C=O) groups is 1. The third-order valence-electron chi connectivity index (χ3n) is 1.21. The zero-order chi connectivity index (χ0) is 10.7. The standard InChI is InChI=1S/C7H2Cl2N2O2S/c8-5-4(14-7(9)11-5)1-3(2-10)6(12)13/h1H,(H,12,13)/b3-1+. The number of hydrogen-bond donors (Lipinski definition) is 1. The molecule has 0 amide bonds. The molecule has 1 heterocycles. The van der Waals surface area contributed by atoms with Crippen LogP contribution in [0, 0.1) is 11.3 Å². The van der Waals surface area contributed by atoms with Crippen molar-refractivity contribution in [2.45, 2.75) is 0 Å². The van der Waals surface area contributed by atoms with Crippen molar-refractivity contribution >= 4 is 46.6 Å². The minimum Gasteiger partial charge on any atom is -0.477 e. The highest BCUT2D eigenvalue weighted by Gasteiger charge is 2.10. The van der Waals surface area contributed by atoms with Gasteiger partial charge in [0.1, 0.15) is 16.8 Å². The van der Waals surface area contributed by atoms with Crippen LogP contribution in [0.1, 0.15) is 4.88 Å². The Hall–Kier alpha value is -1.09. The maximum Gasteiger partial charge on any atom is 0.346 e. The first-order valence-electron chi connectivity index (χ1n) is 3.21. The van der Waals surface area contributed by atoms with Crippen LogP contribution in [0.3, 0.4) is 0 Å². The fraction of sp³-hybridized carbons (Fsp3) is 0. The van der Waals surface area contributed by atoms with Crippen LogP contribution >= 0.6 is 34.5 Å². The summed E-state index contributed by atoms with van der Waals surface area (Å²) in [6, 6.07) is 1.53. The smallest absolute Gasteiger partial charge is 0.346 e. The molecule has 0 aliphatic carbocycles. The van der Waals surface area contributed by atoms with Crippen molar-refractivity contribution < 1.29 is 9.90 Å². The summed E-state index contributed by atoms with van der Waals surface area (Å²) in [4.78, 5) is 14.5. The molecule has 0 aliphatic heterocycles. The van der Waals surface area contributed by atoms with Crippen LogP contribution in [-0.4, -0.2) is 16.1 Å². The Morgan fingerprint density at radius 2 is 2.29 bits per heavy atom. The molecular weight excluding hydrogens is 247 g/mol. The summed E-state index contributed by atoms with van der Waals surface area (Å²) in [7, 11) is 0. The Morgan fingerprint density at radius 1 is 1.64 bits per heavy atom. The molecule has 0 radical (unpaired) electrons. The summed E-state index contributed by atoms with van der Waals surface area (Å²) in [5.74, 6) is -1.31. The summed E-state index contributed by atoms with van der Waals surface area (Å²) in [5.41, 5.74) is -0.410. The maximum atomic E-state index is 10.5. The average molecular weight is 249 g/mol. The van der Waals surface area contributed by atoms with Gasteiger partial charge in [0.05, 0.1) is 4.88 Å². The summed E-state index contributed by atoms with van der Waals surface area (Å²) < 4.78 is 0.198. The third-order valence-corrected chi connectivity index (χ3v) is 2.72. The molecule has 1 N–H and O–H groups in total. The number of nitrogens with zero attached hydrogens (tertiary/aromatic N) is 2. The van der Waals surface area contributed by atoms with Crippen molar-refractivity contribution in [3.63, 3.8) is 0 Å². The molecule has 7 heteroatoms. The lowest BCUT2D eigenvalue weighted by molar-refractivity contribution is -0.132. The second-order valence-electron chi connectivity index (χ2n) is 2.10. The highest BCUT2D eigenvalue weighted by Crippen LogP contribution is 2.28. The first-order valence-corrected chi connectivity index (χ1v) is 4.78. The van der Waals surface area contributed by atoms with E-state index in [1.54, 1.807) is 0 Å². The third kappa shape index (κ3) is 2.45. The predicted molar refractivity (Wildman–Crippen MR) is 53.4 cm³/mol. The lowest BCUT2D eigenvalue weighted by atomic mass is 10.2. The lowest BCUT2D eigenvalue weighted by Crippen LogP contribution is -1.96. The molecule has 0 bridgehead atoms. The molecule has 1 rings (SSSR count). The van der Waals surface area contributed by atoms with Crippen LogP contribution in [0.4, 0.5) is 0 Å². The van der Waals surface area contributed by atoms with E-state index in [0.717, 1.165) is 17.4 Å². The Labute approximate surface area is 93.0 Å². The quantitative estimate of drug-likeness (QED) is 0.645. The average Bonchev–Trinajstić information content (AvgIpc) is 2.40. The van der Waals surface area contributed by atoms with E-state index in [2.05, 4.69) is 4.98 Å². The number of carboxylic acids is 1. The summed E-state index contributed by atoms with van der Waals surface area (Å²) >= 11 is 12.2. The van der Waals surface area contributed by atoms with Gasteiger partial charge in [-0.3, -0.25) is 0 Å². The summed E-state index contributed by atoms with van der Waals surface area (Å²) in [6.07, 6.45) is 1.13. The number of hydrogen-bond acceptors (Lipinski definition) is 4. The van der Waals surface area contributed by atoms with E-state index in [-0.39, 0.29) is 9.62 Å². The monoisotopic (exact) mass is 248 g/mol. The number of carboxylic acid groups (broad SMARTS) is 1. The largest absolute Gasteiger partial charge is 0.477 e. The van der Waals surface area contributed by atoms with Gasteiger partial charge in [0.15, 0.2) is 4.47 Å². The molecule has 0 saturated heterocycles. The Balaban J connectivity index is 3.14. The van der Waals surface area contributed by atoms with E-state index in [1.807, 2.05) is 0 Å². The predicted octanol–water partition coefficient (Wildman–Crippen LogP) is 2.44. The van der Waals surface area contributed by atoms with E-state index in [9.17, 15) is 4.79 Å².